The number of nitrogens with one attached hydrogen (secondary N) is 1. The summed E-state index contributed by atoms with van der Waals surface area (Å²) in [6, 6.07) is 3.88. The lowest BCUT2D eigenvalue weighted by Gasteiger charge is -2.39. The molecule has 1 aromatic heterocycles. The number of piperidine rings is 1. The summed E-state index contributed by atoms with van der Waals surface area (Å²) in [5.74, 6) is 0.653. The molecule has 5 heteroatoms. The van der Waals surface area contributed by atoms with Crippen molar-refractivity contribution < 1.29 is 14.8 Å². The first-order valence-corrected chi connectivity index (χ1v) is 5.57. The normalized spacial score (nSPS) is 22.1. The predicted octanol–water partition coefficient (Wildman–Crippen LogP) is 0.196. The van der Waals surface area contributed by atoms with Crippen LogP contribution >= 0.6 is 0 Å². The van der Waals surface area contributed by atoms with Crippen LogP contribution in [0.25, 0.3) is 0 Å². The molecule has 2 aliphatic rings. The van der Waals surface area contributed by atoms with E-state index in [1.165, 1.54) is 0 Å². The Bertz CT molecular complexity index is 427. The van der Waals surface area contributed by atoms with E-state index in [9.17, 15) is 4.79 Å². The molecular weight excluding hydrogens is 206 g/mol. The minimum Gasteiger partial charge on any atom is -0.437 e. The summed E-state index contributed by atoms with van der Waals surface area (Å²) in [7, 11) is 0. The van der Waals surface area contributed by atoms with Gasteiger partial charge in [0.2, 0.25) is 0 Å². The molecular formula is C11H14N3O2+. The van der Waals surface area contributed by atoms with Crippen LogP contribution in [0.2, 0.25) is 0 Å². The lowest BCUT2D eigenvalue weighted by molar-refractivity contribution is -0.668. The van der Waals surface area contributed by atoms with E-state index in [0.717, 1.165) is 31.5 Å². The van der Waals surface area contributed by atoms with Crippen LogP contribution in [0.1, 0.15) is 18.4 Å². The van der Waals surface area contributed by atoms with E-state index in [1.54, 1.807) is 6.20 Å². The molecule has 0 saturated carbocycles. The molecule has 2 aliphatic heterocycles. The highest BCUT2D eigenvalue weighted by molar-refractivity contribution is 5.87. The van der Waals surface area contributed by atoms with Gasteiger partial charge in [-0.3, -0.25) is 5.32 Å². The summed E-state index contributed by atoms with van der Waals surface area (Å²) in [5.41, 5.74) is 0.573. The summed E-state index contributed by atoms with van der Waals surface area (Å²) in [6.07, 6.45) is 3.03. The molecule has 1 saturated heterocycles. The van der Waals surface area contributed by atoms with Crippen molar-refractivity contribution in [3.8, 4) is 0 Å². The number of carbonyl (C=O) groups is 1. The molecule has 0 radical (unpaired) electrons. The molecule has 0 atom stereocenters. The van der Waals surface area contributed by atoms with E-state index < -0.39 is 5.60 Å². The number of nitrogens with zero attached hydrogens (tertiary/aromatic N) is 1. The van der Waals surface area contributed by atoms with E-state index in [2.05, 4.69) is 15.6 Å². The minimum absolute atomic E-state index is 0.381. The van der Waals surface area contributed by atoms with Crippen LogP contribution in [0.4, 0.5) is 10.6 Å². The molecule has 84 valence electrons. The average Bonchev–Trinajstić information content (AvgIpc) is 2.30. The van der Waals surface area contributed by atoms with E-state index >= 15 is 0 Å². The van der Waals surface area contributed by atoms with E-state index in [1.807, 2.05) is 12.1 Å². The zero-order valence-corrected chi connectivity index (χ0v) is 8.90. The highest BCUT2D eigenvalue weighted by Crippen LogP contribution is 2.40. The number of quaternary nitrogens is 1. The van der Waals surface area contributed by atoms with E-state index in [4.69, 9.17) is 4.74 Å². The largest absolute Gasteiger partial charge is 0.437 e. The fourth-order valence-corrected chi connectivity index (χ4v) is 2.54. The van der Waals surface area contributed by atoms with Crippen molar-refractivity contribution in [2.75, 3.05) is 18.4 Å². The first kappa shape index (κ1) is 9.59. The third-order valence-corrected chi connectivity index (χ3v) is 3.31. The van der Waals surface area contributed by atoms with Crippen LogP contribution in [0.5, 0.6) is 0 Å². The van der Waals surface area contributed by atoms with Crippen molar-refractivity contribution in [1.29, 1.82) is 0 Å². The number of anilines is 1. The second kappa shape index (κ2) is 3.45. The topological polar surface area (TPSA) is 67.8 Å². The molecule has 0 aliphatic carbocycles. The van der Waals surface area contributed by atoms with Crippen LogP contribution in [0.15, 0.2) is 18.3 Å². The zero-order valence-electron chi connectivity index (χ0n) is 8.90. The number of fused-ring (bicyclic) bond motifs is 2. The molecule has 5 nitrogen and oxygen atoms in total. The lowest BCUT2D eigenvalue weighted by Crippen LogP contribution is -2.87. The van der Waals surface area contributed by atoms with Gasteiger partial charge in [-0.05, 0) is 12.1 Å². The van der Waals surface area contributed by atoms with Crippen LogP contribution < -0.4 is 10.6 Å². The number of hydrogen-bond donors (Lipinski definition) is 2. The summed E-state index contributed by atoms with van der Waals surface area (Å²) in [4.78, 5) is 15.7. The maximum absolute atomic E-state index is 11.5. The Hall–Kier alpha value is -1.62. The van der Waals surface area contributed by atoms with Crippen LogP contribution in [0, 0.1) is 0 Å². The molecule has 1 fully saturated rings. The van der Waals surface area contributed by atoms with Gasteiger partial charge in [-0.15, -0.1) is 0 Å². The number of amides is 1. The number of aromatic nitrogens is 1. The van der Waals surface area contributed by atoms with Crippen LogP contribution in [-0.4, -0.2) is 24.2 Å². The zero-order chi connectivity index (χ0) is 11.0. The maximum Gasteiger partial charge on any atom is 0.413 e. The van der Waals surface area contributed by atoms with Crippen LogP contribution in [0.3, 0.4) is 0 Å². The van der Waals surface area contributed by atoms with Crippen molar-refractivity contribution in [1.82, 2.24) is 4.98 Å². The second-order valence-corrected chi connectivity index (χ2v) is 4.27. The van der Waals surface area contributed by atoms with Gasteiger partial charge in [0.15, 0.2) is 5.60 Å². The fraction of sp³-hybridized carbons (Fsp3) is 0.455. The summed E-state index contributed by atoms with van der Waals surface area (Å²) >= 11 is 0. The highest BCUT2D eigenvalue weighted by Gasteiger charge is 2.44. The first-order chi connectivity index (χ1) is 7.80. The van der Waals surface area contributed by atoms with Gasteiger partial charge in [-0.25, -0.2) is 9.78 Å². The smallest absolute Gasteiger partial charge is 0.413 e. The van der Waals surface area contributed by atoms with Gasteiger partial charge in [0.25, 0.3) is 0 Å². The standard InChI is InChI=1S/C11H13N3O2/c15-10-14-9-8(2-1-5-13-9)11(16-10)3-6-12-7-4-11/h1-2,5,12H,3-4,6-7H2,(H,13,14,15)/p+1. The second-order valence-electron chi connectivity index (χ2n) is 4.27. The Morgan fingerprint density at radius 1 is 1.44 bits per heavy atom. The number of nitrogens with two attached hydrogens (primary N) is 1. The Kier molecular flexibility index (Phi) is 2.07. The molecule has 1 spiro atoms. The molecule has 3 heterocycles. The molecule has 0 bridgehead atoms. The number of hydrogen-bond acceptors (Lipinski definition) is 3. The number of ether oxygens (including phenoxy) is 1. The number of pyridine rings is 1. The highest BCUT2D eigenvalue weighted by atomic mass is 16.6. The van der Waals surface area contributed by atoms with Gasteiger partial charge in [-0.2, -0.15) is 0 Å². The van der Waals surface area contributed by atoms with Gasteiger partial charge in [0, 0.05) is 24.6 Å². The quantitative estimate of drug-likeness (QED) is 0.656. The van der Waals surface area contributed by atoms with Gasteiger partial charge in [-0.1, -0.05) is 0 Å². The molecule has 3 rings (SSSR count). The summed E-state index contributed by atoms with van der Waals surface area (Å²) in [5, 5.41) is 4.90. The number of carbonyl (C=O) groups excluding carboxylic acids is 1. The number of rotatable bonds is 0. The van der Waals surface area contributed by atoms with Gasteiger partial charge >= 0.3 is 6.09 Å². The van der Waals surface area contributed by atoms with Gasteiger partial charge in [0.05, 0.1) is 13.1 Å². The molecule has 1 amide bonds. The average molecular weight is 220 g/mol. The Balaban J connectivity index is 2.08. The third-order valence-electron chi connectivity index (χ3n) is 3.31. The molecule has 1 aromatic rings. The van der Waals surface area contributed by atoms with Gasteiger partial charge in [0.1, 0.15) is 5.82 Å². The van der Waals surface area contributed by atoms with E-state index in [0.29, 0.717) is 5.82 Å². The van der Waals surface area contributed by atoms with Crippen molar-refractivity contribution in [2.45, 2.75) is 18.4 Å². The Morgan fingerprint density at radius 3 is 3.06 bits per heavy atom. The lowest BCUT2D eigenvalue weighted by atomic mass is 9.84. The maximum atomic E-state index is 11.5. The first-order valence-electron chi connectivity index (χ1n) is 5.57. The van der Waals surface area contributed by atoms with Crippen molar-refractivity contribution >= 4 is 11.9 Å². The summed E-state index contributed by atoms with van der Waals surface area (Å²) < 4.78 is 5.53. The molecule has 16 heavy (non-hydrogen) atoms. The molecule has 0 unspecified atom stereocenters. The monoisotopic (exact) mass is 220 g/mol. The third kappa shape index (κ3) is 1.36. The van der Waals surface area contributed by atoms with E-state index in [-0.39, 0.29) is 6.09 Å². The van der Waals surface area contributed by atoms with Crippen molar-refractivity contribution in [3.05, 3.63) is 23.9 Å². The fourth-order valence-electron chi connectivity index (χ4n) is 2.54. The molecule has 0 aromatic carbocycles. The summed E-state index contributed by atoms with van der Waals surface area (Å²) in [6.45, 7) is 1.98. The Labute approximate surface area is 93.2 Å². The van der Waals surface area contributed by atoms with Crippen LogP contribution in [-0.2, 0) is 10.3 Å². The van der Waals surface area contributed by atoms with Gasteiger partial charge < -0.3 is 10.1 Å². The minimum atomic E-state index is -0.444. The van der Waals surface area contributed by atoms with Crippen molar-refractivity contribution in [2.24, 2.45) is 0 Å². The predicted molar refractivity (Wildman–Crippen MR) is 56.9 cm³/mol. The Morgan fingerprint density at radius 2 is 2.25 bits per heavy atom. The van der Waals surface area contributed by atoms with Crippen molar-refractivity contribution in [3.63, 3.8) is 0 Å². The molecule has 3 N–H and O–H groups in total. The SMILES string of the molecule is O=C1Nc2ncccc2C2(CC[NH2+]CC2)O1.